The lowest BCUT2D eigenvalue weighted by Crippen LogP contribution is -2.25. The predicted octanol–water partition coefficient (Wildman–Crippen LogP) is -0.829. The van der Waals surface area contributed by atoms with Crippen molar-refractivity contribution in [3.63, 3.8) is 0 Å². The molecule has 0 saturated heterocycles. The SMILES string of the molecule is CN(C)S(=O)(=O)S(C)=O. The topological polar surface area (TPSA) is 54.5 Å². The molecular formula is C3H9NO3S2. The first-order valence-corrected chi connectivity index (χ1v) is 5.67. The molecule has 1 atom stereocenters. The van der Waals surface area contributed by atoms with Crippen molar-refractivity contribution in [3.8, 4) is 0 Å². The molecule has 0 aromatic heterocycles. The maximum Gasteiger partial charge on any atom is 0.294 e. The summed E-state index contributed by atoms with van der Waals surface area (Å²) in [5.41, 5.74) is 0. The van der Waals surface area contributed by atoms with Crippen LogP contribution in [0.2, 0.25) is 0 Å². The second-order valence-electron chi connectivity index (χ2n) is 1.64. The van der Waals surface area contributed by atoms with E-state index in [-0.39, 0.29) is 0 Å². The van der Waals surface area contributed by atoms with E-state index in [1.54, 1.807) is 0 Å². The molecule has 0 aliphatic rings. The van der Waals surface area contributed by atoms with Crippen LogP contribution in [0.25, 0.3) is 0 Å². The van der Waals surface area contributed by atoms with Gasteiger partial charge in [-0.25, -0.2) is 4.21 Å². The van der Waals surface area contributed by atoms with E-state index in [9.17, 15) is 12.6 Å². The van der Waals surface area contributed by atoms with Gasteiger partial charge in [-0.2, -0.15) is 12.7 Å². The van der Waals surface area contributed by atoms with Crippen LogP contribution < -0.4 is 0 Å². The van der Waals surface area contributed by atoms with Gasteiger partial charge in [0.25, 0.3) is 9.06 Å². The maximum absolute atomic E-state index is 10.7. The molecule has 0 heterocycles. The van der Waals surface area contributed by atoms with Crippen LogP contribution in [-0.2, 0) is 18.9 Å². The first kappa shape index (κ1) is 9.06. The van der Waals surface area contributed by atoms with Crippen LogP contribution in [0.3, 0.4) is 0 Å². The summed E-state index contributed by atoms with van der Waals surface area (Å²) in [5, 5.41) is 0. The molecule has 6 heteroatoms. The number of nitrogens with zero attached hydrogens (tertiary/aromatic N) is 1. The van der Waals surface area contributed by atoms with Crippen LogP contribution in [0, 0.1) is 0 Å². The lowest BCUT2D eigenvalue weighted by Gasteiger charge is -2.06. The van der Waals surface area contributed by atoms with Gasteiger partial charge in [0.2, 0.25) is 0 Å². The van der Waals surface area contributed by atoms with Crippen molar-refractivity contribution in [2.45, 2.75) is 0 Å². The first-order valence-electron chi connectivity index (χ1n) is 2.15. The molecular weight excluding hydrogens is 162 g/mol. The van der Waals surface area contributed by atoms with Gasteiger partial charge in [0, 0.05) is 20.4 Å². The molecule has 0 radical (unpaired) electrons. The van der Waals surface area contributed by atoms with E-state index in [4.69, 9.17) is 0 Å². The van der Waals surface area contributed by atoms with Gasteiger partial charge in [-0.05, 0) is 0 Å². The smallest absolute Gasteiger partial charge is 0.242 e. The lowest BCUT2D eigenvalue weighted by molar-refractivity contribution is 0.535. The molecule has 4 nitrogen and oxygen atoms in total. The van der Waals surface area contributed by atoms with Crippen LogP contribution in [0.1, 0.15) is 0 Å². The largest absolute Gasteiger partial charge is 0.294 e. The highest BCUT2D eigenvalue weighted by atomic mass is 33.2. The molecule has 0 rings (SSSR count). The summed E-state index contributed by atoms with van der Waals surface area (Å²) in [6, 6.07) is 0. The van der Waals surface area contributed by atoms with Crippen LogP contribution in [0.5, 0.6) is 0 Å². The van der Waals surface area contributed by atoms with Gasteiger partial charge in [-0.3, -0.25) is 0 Å². The van der Waals surface area contributed by atoms with E-state index in [1.807, 2.05) is 0 Å². The van der Waals surface area contributed by atoms with Crippen molar-refractivity contribution in [2.24, 2.45) is 0 Å². The molecule has 0 amide bonds. The van der Waals surface area contributed by atoms with Gasteiger partial charge >= 0.3 is 0 Å². The van der Waals surface area contributed by atoms with Gasteiger partial charge in [0.15, 0.2) is 0 Å². The van der Waals surface area contributed by atoms with E-state index >= 15 is 0 Å². The van der Waals surface area contributed by atoms with Gasteiger partial charge in [0.1, 0.15) is 9.83 Å². The quantitative estimate of drug-likeness (QED) is 0.510. The Balaban J connectivity index is 4.63. The highest BCUT2D eigenvalue weighted by molar-refractivity contribution is 8.62. The average molecular weight is 171 g/mol. The fraction of sp³-hybridized carbons (Fsp3) is 1.00. The Kier molecular flexibility index (Phi) is 2.78. The third-order valence-electron chi connectivity index (χ3n) is 0.744. The van der Waals surface area contributed by atoms with Crippen LogP contribution in [-0.4, -0.2) is 37.3 Å². The van der Waals surface area contributed by atoms with Crippen LogP contribution in [0.15, 0.2) is 0 Å². The fourth-order valence-electron chi connectivity index (χ4n) is 0.210. The zero-order chi connectivity index (χ0) is 7.65. The Morgan fingerprint density at radius 3 is 1.67 bits per heavy atom. The number of hydrogen-bond acceptors (Lipinski definition) is 3. The first-order chi connectivity index (χ1) is 3.89. The molecule has 0 fully saturated rings. The molecule has 0 spiro atoms. The Hall–Kier alpha value is 0.0600. The minimum Gasteiger partial charge on any atom is -0.242 e. The summed E-state index contributed by atoms with van der Waals surface area (Å²) in [4.78, 5) is 0. The zero-order valence-corrected chi connectivity index (χ0v) is 7.12. The van der Waals surface area contributed by atoms with Gasteiger partial charge in [-0.1, -0.05) is 0 Å². The summed E-state index contributed by atoms with van der Waals surface area (Å²) >= 11 is 0. The molecule has 0 saturated carbocycles. The Labute approximate surface area is 56.8 Å². The highest BCUT2D eigenvalue weighted by Gasteiger charge is 2.17. The Bertz CT molecular complexity index is 205. The molecule has 0 aliphatic heterocycles. The number of hydrogen-bond donors (Lipinski definition) is 0. The van der Waals surface area contributed by atoms with E-state index in [2.05, 4.69) is 0 Å². The fourth-order valence-corrected chi connectivity index (χ4v) is 1.89. The van der Waals surface area contributed by atoms with Crippen LogP contribution >= 0.6 is 0 Å². The van der Waals surface area contributed by atoms with E-state index in [0.29, 0.717) is 0 Å². The molecule has 0 aromatic rings. The van der Waals surface area contributed by atoms with Crippen molar-refractivity contribution < 1.29 is 12.6 Å². The average Bonchev–Trinajstić information content (AvgIpc) is 1.65. The standard InChI is InChI=1S/C3H9NO3S2/c1-4(2)9(6,7)8(3)5/h1-3H3. The second-order valence-corrected chi connectivity index (χ2v) is 6.70. The number of rotatable bonds is 2. The van der Waals surface area contributed by atoms with Gasteiger partial charge in [0.05, 0.1) is 0 Å². The lowest BCUT2D eigenvalue weighted by atomic mass is 11.3. The van der Waals surface area contributed by atoms with Crippen molar-refractivity contribution in [1.82, 2.24) is 4.31 Å². The van der Waals surface area contributed by atoms with E-state index in [0.717, 1.165) is 10.6 Å². The third kappa shape index (κ3) is 2.04. The molecule has 0 aliphatic carbocycles. The van der Waals surface area contributed by atoms with Crippen molar-refractivity contribution >= 4 is 18.9 Å². The molecule has 1 unspecified atom stereocenters. The van der Waals surface area contributed by atoms with E-state index in [1.165, 1.54) is 14.1 Å². The molecule has 9 heavy (non-hydrogen) atoms. The summed E-state index contributed by atoms with van der Waals surface area (Å²) < 4.78 is 32.6. The summed E-state index contributed by atoms with van der Waals surface area (Å²) in [6.07, 6.45) is 1.13. The Morgan fingerprint density at radius 1 is 1.33 bits per heavy atom. The Morgan fingerprint density at radius 2 is 1.67 bits per heavy atom. The van der Waals surface area contributed by atoms with Crippen molar-refractivity contribution in [3.05, 3.63) is 0 Å². The molecule has 56 valence electrons. The zero-order valence-electron chi connectivity index (χ0n) is 5.49. The van der Waals surface area contributed by atoms with Crippen molar-refractivity contribution in [2.75, 3.05) is 20.4 Å². The monoisotopic (exact) mass is 171 g/mol. The minimum atomic E-state index is -3.51. The van der Waals surface area contributed by atoms with Crippen LogP contribution in [0.4, 0.5) is 0 Å². The summed E-state index contributed by atoms with van der Waals surface area (Å²) in [6.45, 7) is 0. The van der Waals surface area contributed by atoms with Gasteiger partial charge in [-0.15, -0.1) is 0 Å². The minimum absolute atomic E-state index is 0.934. The highest BCUT2D eigenvalue weighted by Crippen LogP contribution is 1.96. The molecule has 0 aromatic carbocycles. The maximum atomic E-state index is 10.7. The summed E-state index contributed by atoms with van der Waals surface area (Å²) in [7, 11) is -2.63. The van der Waals surface area contributed by atoms with Crippen molar-refractivity contribution in [1.29, 1.82) is 0 Å². The predicted molar refractivity (Wildman–Crippen MR) is 36.7 cm³/mol. The third-order valence-corrected chi connectivity index (χ3v) is 4.91. The van der Waals surface area contributed by atoms with Gasteiger partial charge < -0.3 is 0 Å². The second kappa shape index (κ2) is 2.76. The normalized spacial score (nSPS) is 16.0. The summed E-state index contributed by atoms with van der Waals surface area (Å²) in [5.74, 6) is 0. The molecule has 0 bridgehead atoms. The molecule has 0 N–H and O–H groups in total. The van der Waals surface area contributed by atoms with E-state index < -0.39 is 18.9 Å².